The molecule has 0 atom stereocenters. The normalized spacial score (nSPS) is 10.4. The molecule has 154 valence electrons. The van der Waals surface area contributed by atoms with Gasteiger partial charge in [-0.2, -0.15) is 0 Å². The first-order chi connectivity index (χ1) is 11.5. The summed E-state index contributed by atoms with van der Waals surface area (Å²) in [5.74, 6) is 5.72. The van der Waals surface area contributed by atoms with E-state index in [1.165, 1.54) is 82.1 Å². The zero-order valence-electron chi connectivity index (χ0n) is 17.8. The minimum atomic E-state index is 0. The number of Topliss-reactive ketones (excluding diaryl/α,β-unsaturated/α-hetero) is 1. The number of unbranched alkanes of at least 4 members (excludes halogenated alkanes) is 10. The Morgan fingerprint density at radius 3 is 1.32 bits per heavy atom. The van der Waals surface area contributed by atoms with Crippen LogP contribution in [-0.4, -0.2) is 24.9 Å². The molecule has 0 aliphatic heterocycles. The smallest absolute Gasteiger partial charge is 0.132 e. The van der Waals surface area contributed by atoms with Crippen molar-refractivity contribution in [3.8, 4) is 0 Å². The Labute approximate surface area is 175 Å². The van der Waals surface area contributed by atoms with Crippen molar-refractivity contribution in [2.75, 3.05) is 14.1 Å². The average Bonchev–Trinajstić information content (AvgIpc) is 2.51. The highest BCUT2D eigenvalue weighted by Crippen LogP contribution is 2.20. The quantitative estimate of drug-likeness (QED) is 0.125. The van der Waals surface area contributed by atoms with E-state index in [0.717, 1.165) is 12.8 Å². The summed E-state index contributed by atoms with van der Waals surface area (Å²) in [4.78, 5) is 11.7. The summed E-state index contributed by atoms with van der Waals surface area (Å²) < 4.78 is 0. The van der Waals surface area contributed by atoms with Gasteiger partial charge in [-0.05, 0) is 19.8 Å². The Balaban J connectivity index is -0.000000867. The van der Waals surface area contributed by atoms with Crippen LogP contribution in [0, 0.1) is 5.92 Å². The van der Waals surface area contributed by atoms with Gasteiger partial charge in [0.1, 0.15) is 5.78 Å². The summed E-state index contributed by atoms with van der Waals surface area (Å²) in [6.45, 7) is 6.30. The van der Waals surface area contributed by atoms with Crippen LogP contribution < -0.4 is 5.84 Å². The second-order valence-corrected chi connectivity index (χ2v) is 7.38. The molecule has 0 aliphatic carbocycles. The lowest BCUT2D eigenvalue weighted by Crippen LogP contribution is -2.18. The van der Waals surface area contributed by atoms with Gasteiger partial charge in [0, 0.05) is 20.0 Å². The van der Waals surface area contributed by atoms with E-state index >= 15 is 0 Å². The Morgan fingerprint density at radius 2 is 1.04 bits per heavy atom. The topological polar surface area (TPSA) is 46.3 Å². The lowest BCUT2D eigenvalue weighted by molar-refractivity contribution is -0.121. The van der Waals surface area contributed by atoms with E-state index < -0.39 is 0 Å². The maximum absolute atomic E-state index is 11.7. The number of nitrogens with zero attached hydrogens (tertiary/aromatic N) is 1. The second-order valence-electron chi connectivity index (χ2n) is 7.38. The van der Waals surface area contributed by atoms with Crippen molar-refractivity contribution in [3.63, 3.8) is 0 Å². The molecule has 4 heteroatoms. The lowest BCUT2D eigenvalue weighted by atomic mass is 9.91. The van der Waals surface area contributed by atoms with Crippen molar-refractivity contribution in [1.29, 1.82) is 0 Å². The Morgan fingerprint density at radius 1 is 0.760 bits per heavy atom. The molecule has 0 bridgehead atoms. The largest absolute Gasteiger partial charge is 0.300 e. The molecule has 0 aliphatic rings. The zero-order valence-corrected chi connectivity index (χ0v) is 20.1. The van der Waals surface area contributed by atoms with Gasteiger partial charge in [-0.1, -0.05) is 90.9 Å². The van der Waals surface area contributed by atoms with Crippen LogP contribution in [-0.2, 0) is 4.79 Å². The molecule has 0 saturated carbocycles. The SMILES string of the molecule is CCCCCCCCC(CCCCCCCC)C(C)=O.CN(C)N.I. The molecule has 0 saturated heterocycles. The zero-order chi connectivity index (χ0) is 18.6. The summed E-state index contributed by atoms with van der Waals surface area (Å²) in [7, 11) is 3.56. The fourth-order valence-corrected chi connectivity index (χ4v) is 2.89. The first-order valence-corrected chi connectivity index (χ1v) is 10.4. The van der Waals surface area contributed by atoms with Gasteiger partial charge in [-0.25, -0.2) is 0 Å². The molecule has 0 radical (unpaired) electrons. The van der Waals surface area contributed by atoms with E-state index in [9.17, 15) is 4.79 Å². The van der Waals surface area contributed by atoms with Crippen molar-refractivity contribution in [1.82, 2.24) is 5.01 Å². The summed E-state index contributed by atoms with van der Waals surface area (Å²) in [5.41, 5.74) is 0. The van der Waals surface area contributed by atoms with Gasteiger partial charge in [-0.15, -0.1) is 24.0 Å². The van der Waals surface area contributed by atoms with E-state index in [0.29, 0.717) is 11.7 Å². The van der Waals surface area contributed by atoms with Gasteiger partial charge in [0.05, 0.1) is 0 Å². The highest BCUT2D eigenvalue weighted by molar-refractivity contribution is 14.0. The Bertz CT molecular complexity index is 242. The van der Waals surface area contributed by atoms with Crippen LogP contribution >= 0.6 is 24.0 Å². The van der Waals surface area contributed by atoms with E-state index in [2.05, 4.69) is 13.8 Å². The van der Waals surface area contributed by atoms with E-state index in [1.807, 2.05) is 0 Å². The van der Waals surface area contributed by atoms with Gasteiger partial charge in [0.15, 0.2) is 0 Å². The molecule has 0 aromatic carbocycles. The molecular weight excluding hydrogens is 423 g/mol. The minimum Gasteiger partial charge on any atom is -0.300 e. The molecule has 0 amide bonds. The molecule has 0 fully saturated rings. The number of carbonyl (C=O) groups excluding carboxylic acids is 1. The first kappa shape index (κ1) is 30.1. The number of hydrazine groups is 1. The highest BCUT2D eigenvalue weighted by Gasteiger charge is 2.13. The number of rotatable bonds is 15. The van der Waals surface area contributed by atoms with Crippen LogP contribution in [0.4, 0.5) is 0 Å². The van der Waals surface area contributed by atoms with E-state index in [-0.39, 0.29) is 24.0 Å². The first-order valence-electron chi connectivity index (χ1n) is 10.4. The molecule has 0 aromatic rings. The summed E-state index contributed by atoms with van der Waals surface area (Å²) in [6, 6.07) is 0. The van der Waals surface area contributed by atoms with Crippen LogP contribution in [0.25, 0.3) is 0 Å². The predicted octanol–water partition coefficient (Wildman–Crippen LogP) is 6.73. The molecule has 0 spiro atoms. The number of ketones is 1. The molecule has 0 aromatic heterocycles. The van der Waals surface area contributed by atoms with Crippen molar-refractivity contribution in [2.24, 2.45) is 11.8 Å². The summed E-state index contributed by atoms with van der Waals surface area (Å²) in [5, 5.41) is 1.50. The van der Waals surface area contributed by atoms with Gasteiger partial charge in [0.2, 0.25) is 0 Å². The average molecular weight is 471 g/mol. The van der Waals surface area contributed by atoms with Crippen LogP contribution in [0.2, 0.25) is 0 Å². The maximum Gasteiger partial charge on any atom is 0.132 e. The van der Waals surface area contributed by atoms with Crippen molar-refractivity contribution in [2.45, 2.75) is 111 Å². The fourth-order valence-electron chi connectivity index (χ4n) is 2.89. The van der Waals surface area contributed by atoms with Gasteiger partial charge in [0.25, 0.3) is 0 Å². The van der Waals surface area contributed by atoms with E-state index in [1.54, 1.807) is 21.0 Å². The minimum absolute atomic E-state index is 0. The number of nitrogens with two attached hydrogens (primary N) is 1. The summed E-state index contributed by atoms with van der Waals surface area (Å²) >= 11 is 0. The monoisotopic (exact) mass is 470 g/mol. The van der Waals surface area contributed by atoms with Crippen LogP contribution in [0.15, 0.2) is 0 Å². The third-order valence-corrected chi connectivity index (χ3v) is 4.39. The van der Waals surface area contributed by atoms with Gasteiger partial charge in [-0.3, -0.25) is 15.6 Å². The molecule has 0 heterocycles. The highest BCUT2D eigenvalue weighted by atomic mass is 127. The molecule has 0 unspecified atom stereocenters. The van der Waals surface area contributed by atoms with Gasteiger partial charge < -0.3 is 0 Å². The summed E-state index contributed by atoms with van der Waals surface area (Å²) in [6.07, 6.45) is 18.2. The molecule has 3 nitrogen and oxygen atoms in total. The molecular formula is C21H47IN2O. The Hall–Kier alpha value is 0.320. The number of hydrogen-bond acceptors (Lipinski definition) is 3. The fraction of sp³-hybridized carbons (Fsp3) is 0.952. The Kier molecular flexibility index (Phi) is 29.2. The standard InChI is InChI=1S/C19H38O.C2H8N2.HI/c1-4-6-8-10-12-14-16-19(18(3)20)17-15-13-11-9-7-5-2;1-4(2)3;/h19H,4-17H2,1-3H3;3H2,1-2H3;1H. The van der Waals surface area contributed by atoms with Crippen LogP contribution in [0.3, 0.4) is 0 Å². The maximum atomic E-state index is 11.7. The van der Waals surface area contributed by atoms with Crippen molar-refractivity contribution in [3.05, 3.63) is 0 Å². The third kappa shape index (κ3) is 29.3. The van der Waals surface area contributed by atoms with E-state index in [4.69, 9.17) is 5.84 Å². The number of carbonyl (C=O) groups is 1. The van der Waals surface area contributed by atoms with Crippen molar-refractivity contribution < 1.29 is 4.79 Å². The number of halogens is 1. The van der Waals surface area contributed by atoms with Gasteiger partial charge >= 0.3 is 0 Å². The predicted molar refractivity (Wildman–Crippen MR) is 123 cm³/mol. The number of hydrogen-bond donors (Lipinski definition) is 1. The second kappa shape index (κ2) is 24.3. The third-order valence-electron chi connectivity index (χ3n) is 4.39. The van der Waals surface area contributed by atoms with Crippen LogP contribution in [0.5, 0.6) is 0 Å². The lowest BCUT2D eigenvalue weighted by Gasteiger charge is -2.13. The molecule has 0 rings (SSSR count). The molecule has 2 N–H and O–H groups in total. The molecule has 25 heavy (non-hydrogen) atoms. The van der Waals surface area contributed by atoms with Crippen LogP contribution in [0.1, 0.15) is 111 Å². The van der Waals surface area contributed by atoms with Crippen molar-refractivity contribution >= 4 is 29.8 Å².